The van der Waals surface area contributed by atoms with Crippen molar-refractivity contribution in [2.75, 3.05) is 0 Å². The summed E-state index contributed by atoms with van der Waals surface area (Å²) in [5.41, 5.74) is 1.82. The minimum atomic E-state index is 1.07. The summed E-state index contributed by atoms with van der Waals surface area (Å²) in [5.74, 6) is 3.24. The summed E-state index contributed by atoms with van der Waals surface area (Å²) < 4.78 is 0. The molecule has 0 spiro atoms. The lowest BCUT2D eigenvalue weighted by Gasteiger charge is -2.23. The van der Waals surface area contributed by atoms with Gasteiger partial charge in [0, 0.05) is 0 Å². The van der Waals surface area contributed by atoms with Crippen molar-refractivity contribution in [3.05, 3.63) is 11.6 Å². The van der Waals surface area contributed by atoms with Crippen molar-refractivity contribution in [1.82, 2.24) is 0 Å². The van der Waals surface area contributed by atoms with Crippen LogP contribution in [0.3, 0.4) is 0 Å². The molecule has 0 saturated heterocycles. The largest absolute Gasteiger partial charge is 0.0853 e. The van der Waals surface area contributed by atoms with Crippen molar-refractivity contribution < 1.29 is 0 Å². The molecule has 0 heterocycles. The lowest BCUT2D eigenvalue weighted by Crippen LogP contribution is -2.09. The van der Waals surface area contributed by atoms with Crippen molar-refractivity contribution in [3.8, 4) is 0 Å². The Kier molecular flexibility index (Phi) is 2.39. The van der Waals surface area contributed by atoms with Crippen LogP contribution in [0.25, 0.3) is 0 Å². The maximum atomic E-state index is 2.59. The van der Waals surface area contributed by atoms with Crippen LogP contribution < -0.4 is 0 Å². The van der Waals surface area contributed by atoms with Crippen LogP contribution in [0.2, 0.25) is 0 Å². The molecule has 3 rings (SSSR count). The lowest BCUT2D eigenvalue weighted by molar-refractivity contribution is 0.339. The first-order chi connectivity index (χ1) is 6.90. The van der Waals surface area contributed by atoms with Crippen LogP contribution >= 0.6 is 0 Å². The van der Waals surface area contributed by atoms with Crippen molar-refractivity contribution >= 4 is 0 Å². The zero-order valence-electron chi connectivity index (χ0n) is 9.17. The van der Waals surface area contributed by atoms with Gasteiger partial charge < -0.3 is 0 Å². The Morgan fingerprint density at radius 1 is 0.857 bits per heavy atom. The van der Waals surface area contributed by atoms with Gasteiger partial charge in [0.1, 0.15) is 0 Å². The average molecular weight is 190 g/mol. The van der Waals surface area contributed by atoms with Gasteiger partial charge in [-0.05, 0) is 69.1 Å². The van der Waals surface area contributed by atoms with E-state index in [2.05, 4.69) is 6.08 Å². The van der Waals surface area contributed by atoms with E-state index in [9.17, 15) is 0 Å². The fourth-order valence-corrected chi connectivity index (χ4v) is 4.00. The first-order valence-electron chi connectivity index (χ1n) is 6.58. The Labute approximate surface area is 87.8 Å². The highest BCUT2D eigenvalue weighted by Crippen LogP contribution is 2.43. The third kappa shape index (κ3) is 1.76. The van der Waals surface area contributed by atoms with Gasteiger partial charge in [0.05, 0.1) is 0 Å². The molecule has 0 amide bonds. The number of fused-ring (bicyclic) bond motifs is 4. The maximum absolute atomic E-state index is 2.59. The molecular formula is C14H22. The molecule has 2 fully saturated rings. The van der Waals surface area contributed by atoms with Crippen molar-refractivity contribution in [2.24, 2.45) is 17.8 Å². The molecule has 0 heteroatoms. The van der Waals surface area contributed by atoms with Crippen LogP contribution in [0.1, 0.15) is 57.8 Å². The second-order valence-electron chi connectivity index (χ2n) is 5.83. The predicted octanol–water partition coefficient (Wildman–Crippen LogP) is 4.31. The predicted molar refractivity (Wildman–Crippen MR) is 60.1 cm³/mol. The molecule has 0 nitrogen and oxygen atoms in total. The molecule has 78 valence electrons. The Bertz CT molecular complexity index is 238. The molecule has 0 radical (unpaired) electrons. The van der Waals surface area contributed by atoms with E-state index in [1.807, 2.05) is 5.57 Å². The van der Waals surface area contributed by atoms with Gasteiger partial charge in [-0.15, -0.1) is 0 Å². The van der Waals surface area contributed by atoms with Gasteiger partial charge in [-0.25, -0.2) is 0 Å². The Balaban J connectivity index is 1.91. The Morgan fingerprint density at radius 2 is 1.71 bits per heavy atom. The van der Waals surface area contributed by atoms with Crippen LogP contribution in [0, 0.1) is 17.8 Å². The number of hydrogen-bond donors (Lipinski definition) is 0. The first kappa shape index (κ1) is 9.00. The average Bonchev–Trinajstić information content (AvgIpc) is 2.20. The highest BCUT2D eigenvalue weighted by Gasteiger charge is 2.29. The molecule has 0 aromatic heterocycles. The fraction of sp³-hybridized carbons (Fsp3) is 0.857. The summed E-state index contributed by atoms with van der Waals surface area (Å²) in [6.07, 6.45) is 16.1. The van der Waals surface area contributed by atoms with Crippen LogP contribution in [0.5, 0.6) is 0 Å². The van der Waals surface area contributed by atoms with Crippen molar-refractivity contribution in [1.29, 1.82) is 0 Å². The topological polar surface area (TPSA) is 0 Å². The third-order valence-corrected chi connectivity index (χ3v) is 4.75. The van der Waals surface area contributed by atoms with E-state index >= 15 is 0 Å². The Hall–Kier alpha value is -0.260. The van der Waals surface area contributed by atoms with Gasteiger partial charge >= 0.3 is 0 Å². The van der Waals surface area contributed by atoms with E-state index in [0.717, 1.165) is 17.8 Å². The molecule has 1 unspecified atom stereocenters. The van der Waals surface area contributed by atoms with Crippen molar-refractivity contribution in [2.45, 2.75) is 57.8 Å². The summed E-state index contributed by atoms with van der Waals surface area (Å²) in [6.45, 7) is 0. The van der Waals surface area contributed by atoms with E-state index in [0.29, 0.717) is 0 Å². The molecule has 0 aromatic rings. The maximum Gasteiger partial charge on any atom is -0.0292 e. The van der Waals surface area contributed by atoms with Gasteiger partial charge in [-0.1, -0.05) is 18.1 Å². The minimum Gasteiger partial charge on any atom is -0.0853 e. The van der Waals surface area contributed by atoms with Crippen LogP contribution in [-0.2, 0) is 0 Å². The minimum absolute atomic E-state index is 1.07. The molecule has 3 aliphatic carbocycles. The summed E-state index contributed by atoms with van der Waals surface area (Å²) >= 11 is 0. The monoisotopic (exact) mass is 190 g/mol. The SMILES string of the molecule is C1=C2\CCC3CC[C@@H](C2)C[C@H](CC/1)C3. The molecule has 0 aromatic carbocycles. The summed E-state index contributed by atoms with van der Waals surface area (Å²) in [5, 5.41) is 0. The highest BCUT2D eigenvalue weighted by molar-refractivity contribution is 5.07. The number of rotatable bonds is 0. The summed E-state index contributed by atoms with van der Waals surface area (Å²) in [4.78, 5) is 0. The number of hydrogen-bond acceptors (Lipinski definition) is 0. The van der Waals surface area contributed by atoms with E-state index in [1.54, 1.807) is 25.7 Å². The second kappa shape index (κ2) is 3.72. The van der Waals surface area contributed by atoms with Crippen LogP contribution in [0.4, 0.5) is 0 Å². The smallest absolute Gasteiger partial charge is 0.0292 e. The van der Waals surface area contributed by atoms with E-state index in [1.165, 1.54) is 32.1 Å². The third-order valence-electron chi connectivity index (χ3n) is 4.75. The summed E-state index contributed by atoms with van der Waals surface area (Å²) in [6, 6.07) is 0. The quantitative estimate of drug-likeness (QED) is 0.499. The van der Waals surface area contributed by atoms with E-state index in [-0.39, 0.29) is 0 Å². The zero-order chi connectivity index (χ0) is 9.38. The highest BCUT2D eigenvalue weighted by atomic mass is 14.3. The van der Waals surface area contributed by atoms with Gasteiger partial charge in [0.25, 0.3) is 0 Å². The van der Waals surface area contributed by atoms with E-state index in [4.69, 9.17) is 0 Å². The van der Waals surface area contributed by atoms with Crippen molar-refractivity contribution in [3.63, 3.8) is 0 Å². The fourth-order valence-electron chi connectivity index (χ4n) is 4.00. The van der Waals surface area contributed by atoms with Gasteiger partial charge in [0.2, 0.25) is 0 Å². The van der Waals surface area contributed by atoms with Gasteiger partial charge in [-0.3, -0.25) is 0 Å². The van der Waals surface area contributed by atoms with Gasteiger partial charge in [0.15, 0.2) is 0 Å². The molecule has 0 N–H and O–H groups in total. The lowest BCUT2D eigenvalue weighted by atomic mass is 9.83. The normalized spacial score (nSPS) is 46.0. The molecule has 3 aliphatic rings. The van der Waals surface area contributed by atoms with Crippen LogP contribution in [0.15, 0.2) is 11.6 Å². The zero-order valence-corrected chi connectivity index (χ0v) is 9.17. The number of allylic oxidation sites excluding steroid dienone is 2. The summed E-state index contributed by atoms with van der Waals surface area (Å²) in [7, 11) is 0. The van der Waals surface area contributed by atoms with E-state index < -0.39 is 0 Å². The second-order valence-corrected chi connectivity index (χ2v) is 5.83. The molecule has 3 atom stereocenters. The molecule has 14 heavy (non-hydrogen) atoms. The Morgan fingerprint density at radius 3 is 2.71 bits per heavy atom. The van der Waals surface area contributed by atoms with Crippen LogP contribution in [-0.4, -0.2) is 0 Å². The molecule has 4 bridgehead atoms. The molecule has 0 aliphatic heterocycles. The van der Waals surface area contributed by atoms with Gasteiger partial charge in [-0.2, -0.15) is 0 Å². The first-order valence-corrected chi connectivity index (χ1v) is 6.58. The molecular weight excluding hydrogens is 168 g/mol. The molecule has 2 saturated carbocycles. The standard InChI is InChI=1S/C14H22/c1-2-11-4-5-12-6-7-14(8-11)10-13(3-1)9-12/h2,12-14H,1,3-10H2/b11-2+/t12?,13-,14+/m1/s1.